The highest BCUT2D eigenvalue weighted by Gasteiger charge is 2.22. The summed E-state index contributed by atoms with van der Waals surface area (Å²) in [5, 5.41) is 17.0. The Morgan fingerprint density at radius 2 is 2.00 bits per heavy atom. The summed E-state index contributed by atoms with van der Waals surface area (Å²) in [6.07, 6.45) is 1.29. The maximum atomic E-state index is 11.1. The van der Waals surface area contributed by atoms with Crippen LogP contribution in [0.1, 0.15) is 31.5 Å². The Labute approximate surface area is 98.5 Å². The highest BCUT2D eigenvalue weighted by atomic mass is 16.4. The van der Waals surface area contributed by atoms with Gasteiger partial charge in [0.05, 0.1) is 5.52 Å². The number of aromatic nitrogens is 3. The molecule has 88 valence electrons. The molecular formula is C12H13N3O2. The maximum absolute atomic E-state index is 11.1. The van der Waals surface area contributed by atoms with E-state index in [-0.39, 0.29) is 5.82 Å². The number of hydrogen-bond acceptors (Lipinski definition) is 4. The Kier molecular flexibility index (Phi) is 3.27. The van der Waals surface area contributed by atoms with Crippen LogP contribution in [0.3, 0.4) is 0 Å². The summed E-state index contributed by atoms with van der Waals surface area (Å²) in [6.45, 7) is 1.93. The summed E-state index contributed by atoms with van der Waals surface area (Å²) in [5.41, 5.74) is 1.36. The minimum Gasteiger partial charge on any atom is -0.481 e. The van der Waals surface area contributed by atoms with Crippen molar-refractivity contribution in [1.29, 1.82) is 0 Å². The minimum atomic E-state index is -0.899. The second kappa shape index (κ2) is 4.86. The molecule has 0 amide bonds. The number of fused-ring (bicyclic) bond motifs is 1. The normalized spacial score (nSPS) is 12.5. The number of carboxylic acid groups (broad SMARTS) is 1. The molecular weight excluding hydrogens is 218 g/mol. The molecule has 1 aromatic heterocycles. The van der Waals surface area contributed by atoms with E-state index in [1.165, 1.54) is 0 Å². The molecule has 0 saturated carbocycles. The molecule has 0 spiro atoms. The van der Waals surface area contributed by atoms with Crippen molar-refractivity contribution in [2.45, 2.75) is 25.7 Å². The highest BCUT2D eigenvalue weighted by Crippen LogP contribution is 2.19. The molecule has 1 heterocycles. The van der Waals surface area contributed by atoms with Crippen molar-refractivity contribution in [2.75, 3.05) is 0 Å². The fraction of sp³-hybridized carbons (Fsp3) is 0.333. The average Bonchev–Trinajstić information content (AvgIpc) is 2.35. The van der Waals surface area contributed by atoms with Crippen LogP contribution in [0.4, 0.5) is 0 Å². The summed E-state index contributed by atoms with van der Waals surface area (Å²) in [5.74, 6) is -1.28. The Morgan fingerprint density at radius 1 is 1.29 bits per heavy atom. The number of hydrogen-bond donors (Lipinski definition) is 1. The number of aliphatic carboxylic acids is 1. The quantitative estimate of drug-likeness (QED) is 0.870. The number of benzene rings is 1. The summed E-state index contributed by atoms with van der Waals surface area (Å²) < 4.78 is 0. The average molecular weight is 231 g/mol. The van der Waals surface area contributed by atoms with Crippen molar-refractivity contribution in [3.63, 3.8) is 0 Å². The van der Waals surface area contributed by atoms with Crippen molar-refractivity contribution in [3.05, 3.63) is 30.1 Å². The van der Waals surface area contributed by atoms with Crippen molar-refractivity contribution >= 4 is 17.0 Å². The van der Waals surface area contributed by atoms with E-state index in [0.29, 0.717) is 17.5 Å². The van der Waals surface area contributed by atoms with Gasteiger partial charge in [-0.2, -0.15) is 0 Å². The first-order valence-electron chi connectivity index (χ1n) is 5.54. The van der Waals surface area contributed by atoms with Crippen LogP contribution in [0.15, 0.2) is 24.3 Å². The lowest BCUT2D eigenvalue weighted by molar-refractivity contribution is -0.139. The lowest BCUT2D eigenvalue weighted by Crippen LogP contribution is -2.15. The molecule has 17 heavy (non-hydrogen) atoms. The molecule has 1 aromatic carbocycles. The lowest BCUT2D eigenvalue weighted by atomic mass is 10.0. The second-order valence-corrected chi connectivity index (χ2v) is 3.84. The van der Waals surface area contributed by atoms with Gasteiger partial charge in [0.15, 0.2) is 5.82 Å². The summed E-state index contributed by atoms with van der Waals surface area (Å²) in [4.78, 5) is 15.4. The molecule has 0 aliphatic heterocycles. The monoisotopic (exact) mass is 231 g/mol. The SMILES string of the molecule is CCCC(C(=O)O)c1nnc2ccccc2n1. The van der Waals surface area contributed by atoms with Crippen molar-refractivity contribution < 1.29 is 9.90 Å². The molecule has 0 bridgehead atoms. The van der Waals surface area contributed by atoms with Gasteiger partial charge in [0.25, 0.3) is 0 Å². The van der Waals surface area contributed by atoms with E-state index >= 15 is 0 Å². The summed E-state index contributed by atoms with van der Waals surface area (Å²) in [7, 11) is 0. The first kappa shape index (κ1) is 11.4. The van der Waals surface area contributed by atoms with Crippen LogP contribution in [0, 0.1) is 0 Å². The smallest absolute Gasteiger partial charge is 0.314 e. The molecule has 0 saturated heterocycles. The van der Waals surface area contributed by atoms with Crippen molar-refractivity contribution in [1.82, 2.24) is 15.2 Å². The van der Waals surface area contributed by atoms with Crippen LogP contribution in [-0.4, -0.2) is 26.3 Å². The van der Waals surface area contributed by atoms with Gasteiger partial charge in [-0.1, -0.05) is 25.5 Å². The Bertz CT molecular complexity index is 542. The van der Waals surface area contributed by atoms with Gasteiger partial charge in [-0.15, -0.1) is 10.2 Å². The van der Waals surface area contributed by atoms with Gasteiger partial charge in [-0.3, -0.25) is 4.79 Å². The molecule has 5 heteroatoms. The Hall–Kier alpha value is -2.04. The van der Waals surface area contributed by atoms with Gasteiger partial charge in [-0.25, -0.2) is 4.98 Å². The van der Waals surface area contributed by atoms with Crippen LogP contribution >= 0.6 is 0 Å². The second-order valence-electron chi connectivity index (χ2n) is 3.84. The molecule has 2 aromatic rings. The van der Waals surface area contributed by atoms with Crippen LogP contribution in [0.25, 0.3) is 11.0 Å². The molecule has 0 fully saturated rings. The van der Waals surface area contributed by atoms with E-state index in [4.69, 9.17) is 5.11 Å². The predicted molar refractivity (Wildman–Crippen MR) is 62.6 cm³/mol. The zero-order valence-electron chi connectivity index (χ0n) is 9.50. The number of carboxylic acids is 1. The number of nitrogens with zero attached hydrogens (tertiary/aromatic N) is 3. The fourth-order valence-corrected chi connectivity index (χ4v) is 1.69. The van der Waals surface area contributed by atoms with Gasteiger partial charge < -0.3 is 5.11 Å². The van der Waals surface area contributed by atoms with E-state index in [9.17, 15) is 4.79 Å². The maximum Gasteiger partial charge on any atom is 0.314 e. The number of carbonyl (C=O) groups is 1. The van der Waals surface area contributed by atoms with Gasteiger partial charge >= 0.3 is 5.97 Å². The van der Waals surface area contributed by atoms with Gasteiger partial charge in [0.2, 0.25) is 0 Å². The first-order valence-corrected chi connectivity index (χ1v) is 5.54. The molecule has 0 aliphatic carbocycles. The predicted octanol–water partition coefficient (Wildman–Crippen LogP) is 1.99. The Morgan fingerprint density at radius 3 is 2.65 bits per heavy atom. The third-order valence-corrected chi connectivity index (χ3v) is 2.56. The summed E-state index contributed by atoms with van der Waals surface area (Å²) >= 11 is 0. The fourth-order valence-electron chi connectivity index (χ4n) is 1.69. The minimum absolute atomic E-state index is 0.290. The highest BCUT2D eigenvalue weighted by molar-refractivity contribution is 5.77. The molecule has 1 unspecified atom stereocenters. The van der Waals surface area contributed by atoms with Gasteiger partial charge in [0, 0.05) is 0 Å². The topological polar surface area (TPSA) is 76.0 Å². The molecule has 5 nitrogen and oxygen atoms in total. The Balaban J connectivity index is 2.43. The van der Waals surface area contributed by atoms with Gasteiger partial charge in [-0.05, 0) is 18.6 Å². The van der Waals surface area contributed by atoms with Crippen LogP contribution in [0.2, 0.25) is 0 Å². The third-order valence-electron chi connectivity index (χ3n) is 2.56. The zero-order chi connectivity index (χ0) is 12.3. The lowest BCUT2D eigenvalue weighted by Gasteiger charge is -2.08. The van der Waals surface area contributed by atoms with E-state index in [2.05, 4.69) is 15.2 Å². The van der Waals surface area contributed by atoms with Crippen molar-refractivity contribution in [3.8, 4) is 0 Å². The number of para-hydroxylation sites is 1. The molecule has 0 radical (unpaired) electrons. The van der Waals surface area contributed by atoms with E-state index in [1.807, 2.05) is 19.1 Å². The molecule has 0 aliphatic rings. The third kappa shape index (κ3) is 2.38. The van der Waals surface area contributed by atoms with Crippen LogP contribution in [0.5, 0.6) is 0 Å². The molecule has 2 rings (SSSR count). The van der Waals surface area contributed by atoms with Crippen molar-refractivity contribution in [2.24, 2.45) is 0 Å². The molecule has 1 N–H and O–H groups in total. The van der Waals surface area contributed by atoms with E-state index in [1.54, 1.807) is 12.1 Å². The van der Waals surface area contributed by atoms with Gasteiger partial charge in [0.1, 0.15) is 11.4 Å². The largest absolute Gasteiger partial charge is 0.481 e. The van der Waals surface area contributed by atoms with Crippen LogP contribution < -0.4 is 0 Å². The van der Waals surface area contributed by atoms with E-state index < -0.39 is 11.9 Å². The first-order chi connectivity index (χ1) is 8.22. The van der Waals surface area contributed by atoms with E-state index in [0.717, 1.165) is 6.42 Å². The standard InChI is InChI=1S/C12H13N3O2/c1-2-5-8(12(16)17)11-13-9-6-3-4-7-10(9)14-15-11/h3-4,6-8H,2,5H2,1H3,(H,16,17). The van der Waals surface area contributed by atoms with Crippen LogP contribution in [-0.2, 0) is 4.79 Å². The molecule has 1 atom stereocenters. The number of rotatable bonds is 4. The summed E-state index contributed by atoms with van der Waals surface area (Å²) in [6, 6.07) is 7.29. The zero-order valence-corrected chi connectivity index (χ0v) is 9.50.